The van der Waals surface area contributed by atoms with Crippen LogP contribution in [0.1, 0.15) is 29.2 Å². The van der Waals surface area contributed by atoms with E-state index in [2.05, 4.69) is 35.0 Å². The minimum absolute atomic E-state index is 0.168. The maximum Gasteiger partial charge on any atom is 0.166 e. The number of phenols is 1. The van der Waals surface area contributed by atoms with Gasteiger partial charge in [-0.2, -0.15) is 0 Å². The van der Waals surface area contributed by atoms with E-state index in [9.17, 15) is 10.2 Å². The largest absolute Gasteiger partial charge is 0.504 e. The highest BCUT2D eigenvalue weighted by molar-refractivity contribution is 7.15. The Labute approximate surface area is 162 Å². The smallest absolute Gasteiger partial charge is 0.166 e. The summed E-state index contributed by atoms with van der Waals surface area (Å²) >= 11 is 1.70. The fourth-order valence-electron chi connectivity index (χ4n) is 3.27. The van der Waals surface area contributed by atoms with E-state index >= 15 is 0 Å². The van der Waals surface area contributed by atoms with Gasteiger partial charge in [0, 0.05) is 21.9 Å². The van der Waals surface area contributed by atoms with E-state index in [-0.39, 0.29) is 5.75 Å². The molecule has 5 nitrogen and oxygen atoms in total. The topological polar surface area (TPSA) is 65.8 Å². The molecule has 27 heavy (non-hydrogen) atoms. The Morgan fingerprint density at radius 1 is 1.22 bits per heavy atom. The molecule has 2 aromatic heterocycles. The number of hydrogen-bond acceptors (Lipinski definition) is 6. The lowest BCUT2D eigenvalue weighted by molar-refractivity contribution is 0.194. The number of phenolic OH excluding ortho intramolecular Hbond substituents is 1. The SMILES string of the molecule is Cc1ccc(-c2cc(O)c3c(c2)CN(c2cccc(C(C)O)n2)CCO3)s1. The predicted molar refractivity (Wildman–Crippen MR) is 108 cm³/mol. The number of aliphatic hydroxyl groups is 1. The van der Waals surface area contributed by atoms with Crippen LogP contribution in [-0.4, -0.2) is 28.3 Å². The van der Waals surface area contributed by atoms with Gasteiger partial charge in [-0.15, -0.1) is 11.3 Å². The third-order valence-corrected chi connectivity index (χ3v) is 5.70. The van der Waals surface area contributed by atoms with Crippen molar-refractivity contribution in [3.8, 4) is 21.9 Å². The number of benzene rings is 1. The fourth-order valence-corrected chi connectivity index (χ4v) is 4.13. The molecule has 0 fully saturated rings. The molecule has 1 unspecified atom stereocenters. The van der Waals surface area contributed by atoms with Gasteiger partial charge in [0.1, 0.15) is 12.4 Å². The van der Waals surface area contributed by atoms with E-state index in [0.717, 1.165) is 21.8 Å². The summed E-state index contributed by atoms with van der Waals surface area (Å²) in [5.74, 6) is 1.50. The molecular formula is C21H22N2O3S. The van der Waals surface area contributed by atoms with E-state index in [1.165, 1.54) is 4.88 Å². The number of fused-ring (bicyclic) bond motifs is 1. The zero-order valence-electron chi connectivity index (χ0n) is 15.3. The predicted octanol–water partition coefficient (Wildman–Crippen LogP) is 4.28. The van der Waals surface area contributed by atoms with Gasteiger partial charge in [0.25, 0.3) is 0 Å². The monoisotopic (exact) mass is 382 g/mol. The summed E-state index contributed by atoms with van der Waals surface area (Å²) in [7, 11) is 0. The van der Waals surface area contributed by atoms with Crippen LogP contribution in [0.3, 0.4) is 0 Å². The molecule has 2 N–H and O–H groups in total. The number of aromatic nitrogens is 1. The molecule has 0 bridgehead atoms. The van der Waals surface area contributed by atoms with Crippen LogP contribution in [0, 0.1) is 6.92 Å². The van der Waals surface area contributed by atoms with Crippen molar-refractivity contribution in [2.45, 2.75) is 26.5 Å². The Balaban J connectivity index is 1.70. The number of aliphatic hydroxyl groups excluding tert-OH is 1. The number of ether oxygens (including phenoxy) is 1. The number of nitrogens with zero attached hydrogens (tertiary/aromatic N) is 2. The second-order valence-electron chi connectivity index (χ2n) is 6.76. The molecule has 1 aliphatic rings. The lowest BCUT2D eigenvalue weighted by Crippen LogP contribution is -2.26. The number of anilines is 1. The highest BCUT2D eigenvalue weighted by atomic mass is 32.1. The van der Waals surface area contributed by atoms with Gasteiger partial charge in [-0.3, -0.25) is 0 Å². The van der Waals surface area contributed by atoms with Gasteiger partial charge in [-0.25, -0.2) is 4.98 Å². The lowest BCUT2D eigenvalue weighted by atomic mass is 10.1. The molecule has 140 valence electrons. The molecule has 0 saturated heterocycles. The van der Waals surface area contributed by atoms with E-state index in [1.807, 2.05) is 18.2 Å². The van der Waals surface area contributed by atoms with Crippen molar-refractivity contribution in [1.29, 1.82) is 0 Å². The van der Waals surface area contributed by atoms with E-state index in [0.29, 0.717) is 31.1 Å². The quantitative estimate of drug-likeness (QED) is 0.708. The first-order chi connectivity index (χ1) is 13.0. The molecule has 3 heterocycles. The standard InChI is InChI=1S/C21H22N2O3S/c1-13-6-7-19(27-13)15-10-16-12-23(8-9-26-21(16)18(25)11-15)20-5-3-4-17(22-20)14(2)24/h3-7,10-11,14,24-25H,8-9,12H2,1-2H3. The van der Waals surface area contributed by atoms with Crippen molar-refractivity contribution < 1.29 is 14.9 Å². The van der Waals surface area contributed by atoms with Crippen molar-refractivity contribution in [1.82, 2.24) is 4.98 Å². The molecule has 0 aliphatic carbocycles. The summed E-state index contributed by atoms with van der Waals surface area (Å²) in [6, 6.07) is 13.7. The first-order valence-corrected chi connectivity index (χ1v) is 9.78. The van der Waals surface area contributed by atoms with Gasteiger partial charge >= 0.3 is 0 Å². The van der Waals surface area contributed by atoms with Crippen molar-refractivity contribution in [3.05, 3.63) is 58.6 Å². The highest BCUT2D eigenvalue weighted by Crippen LogP contribution is 2.39. The average molecular weight is 382 g/mol. The van der Waals surface area contributed by atoms with Gasteiger partial charge < -0.3 is 19.8 Å². The van der Waals surface area contributed by atoms with E-state index < -0.39 is 6.10 Å². The molecule has 4 rings (SSSR count). The van der Waals surface area contributed by atoms with Crippen LogP contribution < -0.4 is 9.64 Å². The van der Waals surface area contributed by atoms with Crippen molar-refractivity contribution in [2.75, 3.05) is 18.1 Å². The third-order valence-electron chi connectivity index (χ3n) is 4.65. The highest BCUT2D eigenvalue weighted by Gasteiger charge is 2.21. The molecule has 0 amide bonds. The van der Waals surface area contributed by atoms with Gasteiger partial charge in [0.05, 0.1) is 18.3 Å². The molecule has 1 aromatic carbocycles. The Morgan fingerprint density at radius 3 is 2.81 bits per heavy atom. The van der Waals surface area contributed by atoms with Crippen LogP contribution in [0.15, 0.2) is 42.5 Å². The number of aromatic hydroxyl groups is 1. The normalized spacial score (nSPS) is 15.0. The van der Waals surface area contributed by atoms with Gasteiger partial charge in [0.2, 0.25) is 0 Å². The van der Waals surface area contributed by atoms with Crippen molar-refractivity contribution in [3.63, 3.8) is 0 Å². The molecule has 1 aliphatic heterocycles. The Bertz CT molecular complexity index is 968. The number of rotatable bonds is 3. The number of aryl methyl sites for hydroxylation is 1. The lowest BCUT2D eigenvalue weighted by Gasteiger charge is -2.22. The fraction of sp³-hybridized carbons (Fsp3) is 0.286. The molecule has 3 aromatic rings. The summed E-state index contributed by atoms with van der Waals surface area (Å²) in [5, 5.41) is 20.3. The maximum absolute atomic E-state index is 10.5. The summed E-state index contributed by atoms with van der Waals surface area (Å²) in [4.78, 5) is 9.04. The first-order valence-electron chi connectivity index (χ1n) is 8.97. The third kappa shape index (κ3) is 3.63. The van der Waals surface area contributed by atoms with Crippen LogP contribution >= 0.6 is 11.3 Å². The van der Waals surface area contributed by atoms with Crippen molar-refractivity contribution >= 4 is 17.2 Å². The molecule has 6 heteroatoms. The van der Waals surface area contributed by atoms with Gasteiger partial charge in [-0.1, -0.05) is 6.07 Å². The second-order valence-corrected chi connectivity index (χ2v) is 8.05. The van der Waals surface area contributed by atoms with Crippen molar-refractivity contribution in [2.24, 2.45) is 0 Å². The summed E-state index contributed by atoms with van der Waals surface area (Å²) in [6.45, 7) is 5.47. The number of hydrogen-bond donors (Lipinski definition) is 2. The Morgan fingerprint density at radius 2 is 2.07 bits per heavy atom. The molecule has 0 saturated carbocycles. The Kier molecular flexibility index (Phi) is 4.76. The minimum Gasteiger partial charge on any atom is -0.504 e. The molecule has 0 radical (unpaired) electrons. The minimum atomic E-state index is -0.613. The van der Waals surface area contributed by atoms with Crippen LogP contribution in [-0.2, 0) is 6.54 Å². The second kappa shape index (κ2) is 7.21. The van der Waals surface area contributed by atoms with Crippen LogP contribution in [0.4, 0.5) is 5.82 Å². The van der Waals surface area contributed by atoms with Gasteiger partial charge in [0.15, 0.2) is 11.5 Å². The maximum atomic E-state index is 10.5. The van der Waals surface area contributed by atoms with E-state index in [1.54, 1.807) is 24.3 Å². The van der Waals surface area contributed by atoms with Crippen LogP contribution in [0.5, 0.6) is 11.5 Å². The molecular weight excluding hydrogens is 360 g/mol. The summed E-state index contributed by atoms with van der Waals surface area (Å²) in [6.07, 6.45) is -0.613. The van der Waals surface area contributed by atoms with E-state index in [4.69, 9.17) is 4.74 Å². The zero-order valence-corrected chi connectivity index (χ0v) is 16.2. The van der Waals surface area contributed by atoms with Crippen LogP contribution in [0.25, 0.3) is 10.4 Å². The van der Waals surface area contributed by atoms with Gasteiger partial charge in [-0.05, 0) is 55.8 Å². The number of pyridine rings is 1. The summed E-state index contributed by atoms with van der Waals surface area (Å²) in [5.41, 5.74) is 2.56. The zero-order chi connectivity index (χ0) is 19.0. The molecule has 0 spiro atoms. The molecule has 1 atom stereocenters. The average Bonchev–Trinajstić information content (AvgIpc) is 2.96. The number of thiophene rings is 1. The summed E-state index contributed by atoms with van der Waals surface area (Å²) < 4.78 is 5.84. The van der Waals surface area contributed by atoms with Crippen LogP contribution in [0.2, 0.25) is 0 Å². The first kappa shape index (κ1) is 17.8. The Hall–Kier alpha value is -2.57.